The van der Waals surface area contributed by atoms with E-state index in [9.17, 15) is 4.79 Å². The second kappa shape index (κ2) is 7.88. The highest BCUT2D eigenvalue weighted by Gasteiger charge is 2.21. The van der Waals surface area contributed by atoms with Gasteiger partial charge in [-0.3, -0.25) is 4.79 Å². The van der Waals surface area contributed by atoms with Gasteiger partial charge in [0.15, 0.2) is 11.3 Å². The van der Waals surface area contributed by atoms with Gasteiger partial charge < -0.3 is 4.52 Å². The number of rotatable bonds is 7. The second-order valence-corrected chi connectivity index (χ2v) is 6.56. The van der Waals surface area contributed by atoms with Crippen LogP contribution in [-0.2, 0) is 24.1 Å². The van der Waals surface area contributed by atoms with E-state index in [1.165, 1.54) is 11.1 Å². The topological polar surface area (TPSA) is 47.0 Å². The molecule has 1 heterocycles. The SMILES string of the molecule is Cc1ccc(CC(=O)Cc2c[n+](C(C)Cc3ccccc3)no2)cc1. The largest absolute Gasteiger partial charge is 0.305 e. The molecule has 0 saturated heterocycles. The van der Waals surface area contributed by atoms with Gasteiger partial charge in [0, 0.05) is 19.8 Å². The van der Waals surface area contributed by atoms with E-state index in [-0.39, 0.29) is 18.2 Å². The molecule has 0 amide bonds. The van der Waals surface area contributed by atoms with Crippen molar-refractivity contribution in [1.29, 1.82) is 0 Å². The Kier molecular flexibility index (Phi) is 5.39. The molecule has 1 unspecified atom stereocenters. The van der Waals surface area contributed by atoms with Gasteiger partial charge in [-0.1, -0.05) is 60.2 Å². The van der Waals surface area contributed by atoms with Crippen molar-refractivity contribution < 1.29 is 14.0 Å². The van der Waals surface area contributed by atoms with E-state index in [0.717, 1.165) is 12.0 Å². The lowest BCUT2D eigenvalue weighted by atomic mass is 10.0. The molecule has 3 rings (SSSR count). The number of carbonyl (C=O) groups is 1. The Balaban J connectivity index is 1.57. The Bertz CT molecular complexity index is 823. The summed E-state index contributed by atoms with van der Waals surface area (Å²) in [5.74, 6) is 0.736. The van der Waals surface area contributed by atoms with E-state index in [2.05, 4.69) is 24.3 Å². The van der Waals surface area contributed by atoms with Crippen LogP contribution < -0.4 is 4.68 Å². The molecule has 128 valence electrons. The molecular formula is C21H23N2O2+. The van der Waals surface area contributed by atoms with E-state index in [0.29, 0.717) is 12.2 Å². The number of aryl methyl sites for hydroxylation is 1. The minimum Gasteiger partial charge on any atom is -0.305 e. The molecule has 4 heteroatoms. The fraction of sp³-hybridized carbons (Fsp3) is 0.286. The van der Waals surface area contributed by atoms with Gasteiger partial charge in [0.25, 0.3) is 0 Å². The number of hydrogen-bond donors (Lipinski definition) is 0. The van der Waals surface area contributed by atoms with Crippen LogP contribution in [0, 0.1) is 6.92 Å². The summed E-state index contributed by atoms with van der Waals surface area (Å²) in [6, 6.07) is 18.5. The molecular weight excluding hydrogens is 312 g/mol. The minimum absolute atomic E-state index is 0.128. The zero-order valence-corrected chi connectivity index (χ0v) is 14.7. The maximum atomic E-state index is 12.2. The first-order valence-corrected chi connectivity index (χ1v) is 8.58. The fourth-order valence-electron chi connectivity index (χ4n) is 2.82. The van der Waals surface area contributed by atoms with Crippen molar-refractivity contribution >= 4 is 5.78 Å². The molecule has 0 radical (unpaired) electrons. The van der Waals surface area contributed by atoms with Crippen molar-refractivity contribution in [2.75, 3.05) is 0 Å². The van der Waals surface area contributed by atoms with Gasteiger partial charge >= 0.3 is 0 Å². The Morgan fingerprint density at radius 1 is 1.04 bits per heavy atom. The Morgan fingerprint density at radius 2 is 1.76 bits per heavy atom. The second-order valence-electron chi connectivity index (χ2n) is 6.56. The van der Waals surface area contributed by atoms with Crippen LogP contribution in [0.5, 0.6) is 0 Å². The maximum absolute atomic E-state index is 12.2. The van der Waals surface area contributed by atoms with Gasteiger partial charge in [-0.25, -0.2) is 0 Å². The molecule has 0 saturated carbocycles. The van der Waals surface area contributed by atoms with Gasteiger partial charge in [0.2, 0.25) is 12.0 Å². The zero-order chi connectivity index (χ0) is 17.6. The summed E-state index contributed by atoms with van der Waals surface area (Å²) >= 11 is 0. The summed E-state index contributed by atoms with van der Waals surface area (Å²) in [5, 5.41) is 4.07. The third-order valence-electron chi connectivity index (χ3n) is 4.25. The van der Waals surface area contributed by atoms with Crippen molar-refractivity contribution in [3.05, 3.63) is 83.2 Å². The summed E-state index contributed by atoms with van der Waals surface area (Å²) in [4.78, 5) is 12.2. The van der Waals surface area contributed by atoms with Crippen molar-refractivity contribution in [2.45, 2.75) is 39.2 Å². The fourth-order valence-corrected chi connectivity index (χ4v) is 2.82. The maximum Gasteiger partial charge on any atom is 0.241 e. The first kappa shape index (κ1) is 17.1. The highest BCUT2D eigenvalue weighted by Crippen LogP contribution is 2.09. The summed E-state index contributed by atoms with van der Waals surface area (Å²) in [6.45, 7) is 4.13. The first-order chi connectivity index (χ1) is 12.1. The van der Waals surface area contributed by atoms with E-state index in [1.807, 2.05) is 55.6 Å². The van der Waals surface area contributed by atoms with Crippen LogP contribution in [0.4, 0.5) is 0 Å². The standard InChI is InChI=1S/C21H23N2O2/c1-16-8-10-19(11-9-16)13-20(24)14-21-15-23(22-25-21)17(2)12-18-6-4-3-5-7-18/h3-11,15,17H,12-14H2,1-2H3/q+1. The van der Waals surface area contributed by atoms with Gasteiger partial charge in [-0.15, -0.1) is 0 Å². The molecule has 0 aliphatic rings. The monoisotopic (exact) mass is 335 g/mol. The van der Waals surface area contributed by atoms with Gasteiger partial charge in [0.05, 0.1) is 6.42 Å². The lowest BCUT2D eigenvalue weighted by Gasteiger charge is -2.01. The highest BCUT2D eigenvalue weighted by molar-refractivity contribution is 5.82. The molecule has 0 fully saturated rings. The van der Waals surface area contributed by atoms with Crippen LogP contribution in [0.3, 0.4) is 0 Å². The molecule has 0 aliphatic carbocycles. The van der Waals surface area contributed by atoms with E-state index >= 15 is 0 Å². The molecule has 1 atom stereocenters. The highest BCUT2D eigenvalue weighted by atomic mass is 16.5. The Labute approximate surface area is 148 Å². The average Bonchev–Trinajstić information content (AvgIpc) is 3.06. The summed E-state index contributed by atoms with van der Waals surface area (Å²) in [5.41, 5.74) is 3.47. The minimum atomic E-state index is 0.128. The zero-order valence-electron chi connectivity index (χ0n) is 14.7. The number of nitrogens with zero attached hydrogens (tertiary/aromatic N) is 2. The van der Waals surface area contributed by atoms with Crippen LogP contribution in [-0.4, -0.2) is 11.1 Å². The number of benzene rings is 2. The Hall–Kier alpha value is -2.75. The van der Waals surface area contributed by atoms with Crippen molar-refractivity contribution in [3.63, 3.8) is 0 Å². The molecule has 2 aromatic carbocycles. The lowest BCUT2D eigenvalue weighted by molar-refractivity contribution is -0.782. The van der Waals surface area contributed by atoms with Gasteiger partial charge in [-0.05, 0) is 22.7 Å². The Morgan fingerprint density at radius 3 is 2.48 bits per heavy atom. The molecule has 0 spiro atoms. The number of aromatic nitrogens is 2. The molecule has 0 aliphatic heterocycles. The number of Topliss-reactive ketones (excluding diaryl/α,β-unsaturated/α-hetero) is 1. The normalized spacial score (nSPS) is 12.1. The van der Waals surface area contributed by atoms with E-state index in [1.54, 1.807) is 4.68 Å². The predicted molar refractivity (Wildman–Crippen MR) is 95.1 cm³/mol. The quantitative estimate of drug-likeness (QED) is 0.622. The van der Waals surface area contributed by atoms with Gasteiger partial charge in [0.1, 0.15) is 5.78 Å². The predicted octanol–water partition coefficient (Wildman–Crippen LogP) is 3.43. The third-order valence-corrected chi connectivity index (χ3v) is 4.25. The van der Waals surface area contributed by atoms with Crippen LogP contribution in [0.15, 0.2) is 65.3 Å². The molecule has 25 heavy (non-hydrogen) atoms. The first-order valence-electron chi connectivity index (χ1n) is 8.58. The number of hydrogen-bond acceptors (Lipinski definition) is 3. The van der Waals surface area contributed by atoms with Crippen LogP contribution in [0.25, 0.3) is 0 Å². The van der Waals surface area contributed by atoms with E-state index < -0.39 is 0 Å². The average molecular weight is 335 g/mol. The summed E-state index contributed by atoms with van der Waals surface area (Å²) in [6.07, 6.45) is 3.39. The van der Waals surface area contributed by atoms with Crippen molar-refractivity contribution in [2.24, 2.45) is 0 Å². The van der Waals surface area contributed by atoms with Gasteiger partial charge in [-0.2, -0.15) is 0 Å². The van der Waals surface area contributed by atoms with Crippen LogP contribution in [0.1, 0.15) is 35.4 Å². The van der Waals surface area contributed by atoms with E-state index in [4.69, 9.17) is 4.52 Å². The van der Waals surface area contributed by atoms with Crippen molar-refractivity contribution in [1.82, 2.24) is 5.27 Å². The lowest BCUT2D eigenvalue weighted by Crippen LogP contribution is -2.40. The summed E-state index contributed by atoms with van der Waals surface area (Å²) in [7, 11) is 0. The molecule has 4 nitrogen and oxygen atoms in total. The van der Waals surface area contributed by atoms with Crippen molar-refractivity contribution in [3.8, 4) is 0 Å². The molecule has 0 N–H and O–H groups in total. The smallest absolute Gasteiger partial charge is 0.241 e. The number of ketones is 1. The molecule has 0 bridgehead atoms. The van der Waals surface area contributed by atoms with Crippen LogP contribution >= 0.6 is 0 Å². The summed E-state index contributed by atoms with van der Waals surface area (Å²) < 4.78 is 7.14. The van der Waals surface area contributed by atoms with Crippen LogP contribution in [0.2, 0.25) is 0 Å². The molecule has 1 aromatic heterocycles. The third kappa shape index (κ3) is 4.86. The number of carbonyl (C=O) groups excluding carboxylic acids is 1. The molecule has 3 aromatic rings.